The Hall–Kier alpha value is -5.18. The van der Waals surface area contributed by atoms with Gasteiger partial charge in [-0.2, -0.15) is 0 Å². The molecule has 0 bridgehead atoms. The fourth-order valence-electron chi connectivity index (χ4n) is 4.05. The van der Waals surface area contributed by atoms with Gasteiger partial charge in [-0.1, -0.05) is 19.2 Å². The minimum absolute atomic E-state index is 0.0446. The topological polar surface area (TPSA) is 114 Å². The summed E-state index contributed by atoms with van der Waals surface area (Å²) in [7, 11) is 0. The van der Waals surface area contributed by atoms with E-state index in [1.54, 1.807) is 66.7 Å². The largest absolute Gasteiger partial charge is 0.494 e. The highest BCUT2D eigenvalue weighted by Crippen LogP contribution is 2.22. The zero-order valence-electron chi connectivity index (χ0n) is 25.5. The molecule has 9 heteroatoms. The number of benzene rings is 3. The summed E-state index contributed by atoms with van der Waals surface area (Å²) in [5.74, 6) is 0.214. The molecule has 0 fully saturated rings. The molecule has 0 aliphatic carbocycles. The van der Waals surface area contributed by atoms with Crippen LogP contribution in [0.2, 0.25) is 0 Å². The molecule has 3 aromatic rings. The zero-order valence-corrected chi connectivity index (χ0v) is 25.5. The molecular formula is C36H38O9. The highest BCUT2D eigenvalue weighted by Gasteiger charge is 2.13. The van der Waals surface area contributed by atoms with Crippen molar-refractivity contribution < 1.29 is 42.9 Å². The van der Waals surface area contributed by atoms with Crippen molar-refractivity contribution in [2.45, 2.75) is 39.0 Å². The van der Waals surface area contributed by atoms with Gasteiger partial charge in [-0.3, -0.25) is 4.79 Å². The lowest BCUT2D eigenvalue weighted by atomic mass is 9.99. The summed E-state index contributed by atoms with van der Waals surface area (Å²) >= 11 is 0. The number of hydrogen-bond acceptors (Lipinski definition) is 9. The van der Waals surface area contributed by atoms with Crippen LogP contribution in [0.4, 0.5) is 0 Å². The predicted molar refractivity (Wildman–Crippen MR) is 169 cm³/mol. The molecule has 0 radical (unpaired) electrons. The van der Waals surface area contributed by atoms with Crippen LogP contribution in [0.5, 0.6) is 17.2 Å². The van der Waals surface area contributed by atoms with Gasteiger partial charge in [-0.25, -0.2) is 14.4 Å². The Morgan fingerprint density at radius 1 is 0.622 bits per heavy atom. The minimum atomic E-state index is -0.507. The standard InChI is InChI=1S/C36H38O9/c1-4-34(38)43-22-8-6-20-41-30-15-10-27(11-16-30)33(37)25-29-14-19-32(24-26(29)3)45-36(40)28-12-17-31(18-13-28)42-21-7-9-23-44-35(39)5-2/h4-5,10-19,24H,1-2,6-9,20-23,25H2,3H3. The van der Waals surface area contributed by atoms with E-state index < -0.39 is 17.9 Å². The molecule has 0 aliphatic heterocycles. The van der Waals surface area contributed by atoms with E-state index >= 15 is 0 Å². The van der Waals surface area contributed by atoms with Crippen molar-refractivity contribution in [1.29, 1.82) is 0 Å². The van der Waals surface area contributed by atoms with Crippen LogP contribution in [0.3, 0.4) is 0 Å². The molecule has 0 saturated carbocycles. The Balaban J connectivity index is 1.41. The number of ketones is 1. The summed E-state index contributed by atoms with van der Waals surface area (Å²) in [5.41, 5.74) is 2.60. The van der Waals surface area contributed by atoms with Gasteiger partial charge in [-0.15, -0.1) is 0 Å². The first kappa shape index (κ1) is 34.3. The second-order valence-electron chi connectivity index (χ2n) is 9.98. The number of aryl methyl sites for hydroxylation is 1. The van der Waals surface area contributed by atoms with Gasteiger partial charge in [0.25, 0.3) is 0 Å². The maximum Gasteiger partial charge on any atom is 0.343 e. The quantitative estimate of drug-likeness (QED) is 0.0496. The van der Waals surface area contributed by atoms with E-state index in [1.807, 2.05) is 6.92 Å². The van der Waals surface area contributed by atoms with Crippen molar-refractivity contribution >= 4 is 23.7 Å². The first-order valence-corrected chi connectivity index (χ1v) is 14.7. The third-order valence-corrected chi connectivity index (χ3v) is 6.58. The molecule has 0 saturated heterocycles. The van der Waals surface area contributed by atoms with E-state index in [4.69, 9.17) is 23.7 Å². The molecule has 0 heterocycles. The van der Waals surface area contributed by atoms with Gasteiger partial charge in [0.2, 0.25) is 0 Å². The number of carbonyl (C=O) groups is 4. The zero-order chi connectivity index (χ0) is 32.4. The van der Waals surface area contributed by atoms with Crippen LogP contribution in [0, 0.1) is 6.92 Å². The SMILES string of the molecule is C=CC(=O)OCCCCOc1ccc(C(=O)Cc2ccc(OC(=O)c3ccc(OCCCCOC(=O)C=C)cc3)cc2C)cc1. The molecular weight excluding hydrogens is 576 g/mol. The lowest BCUT2D eigenvalue weighted by Crippen LogP contribution is -2.09. The summed E-state index contributed by atoms with van der Waals surface area (Å²) in [6.45, 7) is 10.1. The van der Waals surface area contributed by atoms with E-state index in [-0.39, 0.29) is 12.2 Å². The number of esters is 3. The van der Waals surface area contributed by atoms with Gasteiger partial charge in [0.15, 0.2) is 5.78 Å². The molecule has 0 aliphatic rings. The number of rotatable bonds is 19. The smallest absolute Gasteiger partial charge is 0.343 e. The van der Waals surface area contributed by atoms with Gasteiger partial charge in [0.1, 0.15) is 17.2 Å². The molecule has 236 valence electrons. The fourth-order valence-corrected chi connectivity index (χ4v) is 4.05. The molecule has 0 N–H and O–H groups in total. The van der Waals surface area contributed by atoms with Crippen LogP contribution >= 0.6 is 0 Å². The Bertz CT molecular complexity index is 1460. The molecule has 9 nitrogen and oxygen atoms in total. The fraction of sp³-hybridized carbons (Fsp3) is 0.278. The van der Waals surface area contributed by atoms with E-state index in [1.165, 1.54) is 0 Å². The second kappa shape index (κ2) is 18.5. The molecule has 0 spiro atoms. The second-order valence-corrected chi connectivity index (χ2v) is 9.98. The summed E-state index contributed by atoms with van der Waals surface area (Å²) in [5, 5.41) is 0. The number of unbranched alkanes of at least 4 members (excludes halogenated alkanes) is 2. The van der Waals surface area contributed by atoms with Crippen LogP contribution in [-0.2, 0) is 25.5 Å². The average molecular weight is 615 g/mol. The van der Waals surface area contributed by atoms with Crippen molar-refractivity contribution in [2.24, 2.45) is 0 Å². The first-order valence-electron chi connectivity index (χ1n) is 14.7. The Labute approximate surface area is 263 Å². The average Bonchev–Trinajstić information content (AvgIpc) is 3.05. The van der Waals surface area contributed by atoms with Crippen LogP contribution in [0.15, 0.2) is 92.0 Å². The van der Waals surface area contributed by atoms with Gasteiger partial charge >= 0.3 is 17.9 Å². The van der Waals surface area contributed by atoms with Crippen molar-refractivity contribution in [3.05, 3.63) is 114 Å². The summed E-state index contributed by atoms with van der Waals surface area (Å²) < 4.78 is 26.8. The molecule has 0 aromatic heterocycles. The van der Waals surface area contributed by atoms with E-state index in [9.17, 15) is 19.2 Å². The minimum Gasteiger partial charge on any atom is -0.494 e. The Kier molecular flexibility index (Phi) is 14.1. The van der Waals surface area contributed by atoms with Gasteiger partial charge < -0.3 is 23.7 Å². The number of Topliss-reactive ketones (excluding diaryl/α,β-unsaturated/α-hetero) is 1. The molecule has 0 unspecified atom stereocenters. The highest BCUT2D eigenvalue weighted by atomic mass is 16.5. The van der Waals surface area contributed by atoms with Crippen LogP contribution < -0.4 is 14.2 Å². The van der Waals surface area contributed by atoms with Crippen molar-refractivity contribution in [2.75, 3.05) is 26.4 Å². The summed E-state index contributed by atoms with van der Waals surface area (Å²) in [6, 6.07) is 18.8. The molecule has 3 rings (SSSR count). The van der Waals surface area contributed by atoms with E-state index in [0.29, 0.717) is 74.1 Å². The van der Waals surface area contributed by atoms with Crippen molar-refractivity contribution in [3.8, 4) is 17.2 Å². The Morgan fingerprint density at radius 3 is 1.58 bits per heavy atom. The van der Waals surface area contributed by atoms with Gasteiger partial charge in [-0.05, 0) is 104 Å². The predicted octanol–water partition coefficient (Wildman–Crippen LogP) is 6.42. The van der Waals surface area contributed by atoms with Crippen molar-refractivity contribution in [1.82, 2.24) is 0 Å². The molecule has 3 aromatic carbocycles. The third kappa shape index (κ3) is 12.1. The normalized spacial score (nSPS) is 10.3. The van der Waals surface area contributed by atoms with E-state index in [0.717, 1.165) is 29.7 Å². The van der Waals surface area contributed by atoms with Crippen LogP contribution in [0.1, 0.15) is 57.5 Å². The highest BCUT2D eigenvalue weighted by molar-refractivity contribution is 5.97. The number of hydrogen-bond donors (Lipinski definition) is 0. The monoisotopic (exact) mass is 614 g/mol. The lowest BCUT2D eigenvalue weighted by Gasteiger charge is -2.10. The van der Waals surface area contributed by atoms with Gasteiger partial charge in [0.05, 0.1) is 32.0 Å². The maximum absolute atomic E-state index is 12.9. The number of carbonyl (C=O) groups excluding carboxylic acids is 4. The number of ether oxygens (including phenoxy) is 5. The molecule has 0 amide bonds. The van der Waals surface area contributed by atoms with Crippen LogP contribution in [-0.4, -0.2) is 50.1 Å². The Morgan fingerprint density at radius 2 is 1.09 bits per heavy atom. The summed E-state index contributed by atoms with van der Waals surface area (Å²) in [4.78, 5) is 47.6. The summed E-state index contributed by atoms with van der Waals surface area (Å²) in [6.07, 6.45) is 5.23. The lowest BCUT2D eigenvalue weighted by molar-refractivity contribution is -0.138. The molecule has 0 atom stereocenters. The molecule has 45 heavy (non-hydrogen) atoms. The maximum atomic E-state index is 12.9. The van der Waals surface area contributed by atoms with Crippen LogP contribution in [0.25, 0.3) is 0 Å². The first-order chi connectivity index (χ1) is 21.8. The van der Waals surface area contributed by atoms with E-state index in [2.05, 4.69) is 13.2 Å². The van der Waals surface area contributed by atoms with Crippen molar-refractivity contribution in [3.63, 3.8) is 0 Å². The van der Waals surface area contributed by atoms with Gasteiger partial charge in [0, 0.05) is 24.1 Å². The third-order valence-electron chi connectivity index (χ3n) is 6.58.